The molecule has 2 aromatic carbocycles. The highest BCUT2D eigenvalue weighted by Gasteiger charge is 2.35. The van der Waals surface area contributed by atoms with E-state index in [-0.39, 0.29) is 11.2 Å². The highest BCUT2D eigenvalue weighted by atomic mass is 19.1. The minimum atomic E-state index is -0.703. The molecule has 0 aromatic heterocycles. The second-order valence-corrected chi connectivity index (χ2v) is 6.85. The zero-order valence-electron chi connectivity index (χ0n) is 15.3. The van der Waals surface area contributed by atoms with E-state index in [1.54, 1.807) is 24.3 Å². The maximum absolute atomic E-state index is 13.3. The molecule has 1 heterocycles. The lowest BCUT2D eigenvalue weighted by Gasteiger charge is -2.37. The first-order chi connectivity index (χ1) is 13.0. The molecule has 1 fully saturated rings. The Morgan fingerprint density at radius 2 is 1.70 bits per heavy atom. The van der Waals surface area contributed by atoms with Gasteiger partial charge in [0.05, 0.1) is 0 Å². The Labute approximate surface area is 157 Å². The molecular weight excluding hydrogens is 347 g/mol. The van der Waals surface area contributed by atoms with Crippen molar-refractivity contribution >= 4 is 17.5 Å². The third-order valence-electron chi connectivity index (χ3n) is 5.09. The number of nitrogens with one attached hydrogen (secondary N) is 2. The van der Waals surface area contributed by atoms with E-state index in [0.717, 1.165) is 11.1 Å². The van der Waals surface area contributed by atoms with Gasteiger partial charge in [-0.1, -0.05) is 30.3 Å². The average molecular weight is 370 g/mol. The molecule has 2 N–H and O–H groups in total. The summed E-state index contributed by atoms with van der Waals surface area (Å²) < 4.78 is 18.7. The molecule has 0 radical (unpaired) electrons. The molecule has 0 aliphatic carbocycles. The molecule has 0 atom stereocenters. The Bertz CT molecular complexity index is 814. The number of hydrogen-bond donors (Lipinski definition) is 2. The molecular formula is C21H23FN2O3. The summed E-state index contributed by atoms with van der Waals surface area (Å²) in [7, 11) is 0. The van der Waals surface area contributed by atoms with Gasteiger partial charge in [-0.2, -0.15) is 0 Å². The summed E-state index contributed by atoms with van der Waals surface area (Å²) in [5, 5.41) is 5.38. The topological polar surface area (TPSA) is 67.4 Å². The fourth-order valence-electron chi connectivity index (χ4n) is 3.36. The Hall–Kier alpha value is -2.73. The minimum Gasteiger partial charge on any atom is -0.381 e. The van der Waals surface area contributed by atoms with Crippen molar-refractivity contribution in [2.75, 3.05) is 25.1 Å². The van der Waals surface area contributed by atoms with Crippen LogP contribution in [0, 0.1) is 12.7 Å². The molecule has 2 amide bonds. The van der Waals surface area contributed by atoms with Crippen LogP contribution in [0.25, 0.3) is 0 Å². The summed E-state index contributed by atoms with van der Waals surface area (Å²) in [5.74, 6) is -1.69. The van der Waals surface area contributed by atoms with Crippen molar-refractivity contribution in [2.45, 2.75) is 25.2 Å². The summed E-state index contributed by atoms with van der Waals surface area (Å²) in [4.78, 5) is 24.5. The van der Waals surface area contributed by atoms with E-state index in [4.69, 9.17) is 4.74 Å². The fourth-order valence-corrected chi connectivity index (χ4v) is 3.36. The summed E-state index contributed by atoms with van der Waals surface area (Å²) in [6.07, 6.45) is 1.39. The highest BCUT2D eigenvalue weighted by Crippen LogP contribution is 2.34. The summed E-state index contributed by atoms with van der Waals surface area (Å²) in [5.41, 5.74) is 2.06. The molecule has 2 aromatic rings. The van der Waals surface area contributed by atoms with Crippen molar-refractivity contribution in [3.05, 3.63) is 65.5 Å². The van der Waals surface area contributed by atoms with Gasteiger partial charge in [-0.3, -0.25) is 9.59 Å². The lowest BCUT2D eigenvalue weighted by atomic mass is 9.74. The number of hydrogen-bond acceptors (Lipinski definition) is 3. The first-order valence-electron chi connectivity index (χ1n) is 8.99. The van der Waals surface area contributed by atoms with Crippen LogP contribution < -0.4 is 10.6 Å². The predicted octanol–water partition coefficient (Wildman–Crippen LogP) is 2.94. The third-order valence-corrected chi connectivity index (χ3v) is 5.09. The normalized spacial score (nSPS) is 15.8. The number of carbonyl (C=O) groups excluding carboxylic acids is 2. The van der Waals surface area contributed by atoms with E-state index in [2.05, 4.69) is 10.6 Å². The number of benzene rings is 2. The van der Waals surface area contributed by atoms with Crippen LogP contribution >= 0.6 is 0 Å². The maximum atomic E-state index is 13.3. The molecule has 6 heteroatoms. The van der Waals surface area contributed by atoms with Gasteiger partial charge in [-0.25, -0.2) is 4.39 Å². The number of amides is 2. The maximum Gasteiger partial charge on any atom is 0.313 e. The standard InChI is InChI=1S/C21H23FN2O3/c1-15-4-2-3-5-18(15)24-20(26)19(25)23-14-21(10-12-27-13-11-21)16-6-8-17(22)9-7-16/h2-9H,10-14H2,1H3,(H,23,25)(H,24,26). The van der Waals surface area contributed by atoms with Crippen LogP contribution in [-0.4, -0.2) is 31.6 Å². The Morgan fingerprint density at radius 3 is 2.37 bits per heavy atom. The number of halogens is 1. The average Bonchev–Trinajstić information content (AvgIpc) is 2.69. The third kappa shape index (κ3) is 4.52. The molecule has 5 nitrogen and oxygen atoms in total. The molecule has 1 saturated heterocycles. The molecule has 3 rings (SSSR count). The van der Waals surface area contributed by atoms with Crippen molar-refractivity contribution in [3.63, 3.8) is 0 Å². The number of anilines is 1. The van der Waals surface area contributed by atoms with Crippen LogP contribution in [-0.2, 0) is 19.7 Å². The molecule has 142 valence electrons. The van der Waals surface area contributed by atoms with Gasteiger partial charge in [-0.05, 0) is 49.1 Å². The van der Waals surface area contributed by atoms with Gasteiger partial charge in [0.2, 0.25) is 0 Å². The van der Waals surface area contributed by atoms with Gasteiger partial charge in [-0.15, -0.1) is 0 Å². The predicted molar refractivity (Wildman–Crippen MR) is 101 cm³/mol. The number of aryl methyl sites for hydroxylation is 1. The van der Waals surface area contributed by atoms with Crippen molar-refractivity contribution in [2.24, 2.45) is 0 Å². The molecule has 1 aliphatic heterocycles. The van der Waals surface area contributed by atoms with E-state index in [1.807, 2.05) is 19.1 Å². The molecule has 0 unspecified atom stereocenters. The van der Waals surface area contributed by atoms with Gasteiger partial charge in [0.15, 0.2) is 0 Å². The smallest absolute Gasteiger partial charge is 0.313 e. The molecule has 1 aliphatic rings. The number of rotatable bonds is 4. The van der Waals surface area contributed by atoms with Crippen molar-refractivity contribution in [1.29, 1.82) is 0 Å². The Kier molecular flexibility index (Phi) is 5.86. The van der Waals surface area contributed by atoms with Gasteiger partial charge in [0.25, 0.3) is 0 Å². The van der Waals surface area contributed by atoms with Crippen LogP contribution in [0.1, 0.15) is 24.0 Å². The number of ether oxygens (including phenoxy) is 1. The van der Waals surface area contributed by atoms with E-state index in [1.165, 1.54) is 12.1 Å². The van der Waals surface area contributed by atoms with Crippen LogP contribution in [0.5, 0.6) is 0 Å². The Balaban J connectivity index is 1.68. The zero-order chi connectivity index (χ0) is 19.3. The van der Waals surface area contributed by atoms with E-state index >= 15 is 0 Å². The summed E-state index contributed by atoms with van der Waals surface area (Å²) in [6.45, 7) is 3.27. The number of para-hydroxylation sites is 1. The van der Waals surface area contributed by atoms with Crippen LogP contribution in [0.2, 0.25) is 0 Å². The van der Waals surface area contributed by atoms with Gasteiger partial charge in [0, 0.05) is 30.9 Å². The van der Waals surface area contributed by atoms with Crippen LogP contribution in [0.4, 0.5) is 10.1 Å². The van der Waals surface area contributed by atoms with Crippen LogP contribution in [0.15, 0.2) is 48.5 Å². The zero-order valence-corrected chi connectivity index (χ0v) is 15.3. The number of carbonyl (C=O) groups is 2. The van der Waals surface area contributed by atoms with Crippen molar-refractivity contribution in [3.8, 4) is 0 Å². The summed E-state index contributed by atoms with van der Waals surface area (Å²) in [6, 6.07) is 13.6. The Morgan fingerprint density at radius 1 is 1.04 bits per heavy atom. The molecule has 27 heavy (non-hydrogen) atoms. The van der Waals surface area contributed by atoms with E-state index in [9.17, 15) is 14.0 Å². The second kappa shape index (κ2) is 8.31. The van der Waals surface area contributed by atoms with E-state index < -0.39 is 11.8 Å². The minimum absolute atomic E-state index is 0.294. The van der Waals surface area contributed by atoms with Crippen molar-refractivity contribution < 1.29 is 18.7 Å². The monoisotopic (exact) mass is 370 g/mol. The van der Waals surface area contributed by atoms with Gasteiger partial charge < -0.3 is 15.4 Å². The molecule has 0 bridgehead atoms. The fraction of sp³-hybridized carbons (Fsp3) is 0.333. The van der Waals surface area contributed by atoms with Gasteiger partial charge in [0.1, 0.15) is 5.82 Å². The highest BCUT2D eigenvalue weighted by molar-refractivity contribution is 6.39. The lowest BCUT2D eigenvalue weighted by Crippen LogP contribution is -2.47. The van der Waals surface area contributed by atoms with Gasteiger partial charge >= 0.3 is 11.8 Å². The first kappa shape index (κ1) is 19.0. The lowest BCUT2D eigenvalue weighted by molar-refractivity contribution is -0.136. The second-order valence-electron chi connectivity index (χ2n) is 6.85. The van der Waals surface area contributed by atoms with E-state index in [0.29, 0.717) is 38.3 Å². The SMILES string of the molecule is Cc1ccccc1NC(=O)C(=O)NCC1(c2ccc(F)cc2)CCOCC1. The molecule has 0 saturated carbocycles. The van der Waals surface area contributed by atoms with Crippen LogP contribution in [0.3, 0.4) is 0 Å². The van der Waals surface area contributed by atoms with Crippen molar-refractivity contribution in [1.82, 2.24) is 5.32 Å². The summed E-state index contributed by atoms with van der Waals surface area (Å²) >= 11 is 0. The first-order valence-corrected chi connectivity index (χ1v) is 8.99. The molecule has 0 spiro atoms. The largest absolute Gasteiger partial charge is 0.381 e. The quantitative estimate of drug-likeness (QED) is 0.813.